The Morgan fingerprint density at radius 1 is 0.731 bits per heavy atom. The number of ether oxygens (including phenoxy) is 6. The Bertz CT molecular complexity index is 1790. The zero-order valence-corrected chi connectivity index (χ0v) is 39.1. The van der Waals surface area contributed by atoms with Crippen molar-refractivity contribution in [2.45, 2.75) is 190 Å². The van der Waals surface area contributed by atoms with Crippen LogP contribution in [0, 0.1) is 63.6 Å². The minimum atomic E-state index is -1.87. The largest absolute Gasteiger partial charge is 0.432 e. The molecule has 0 aromatic heterocycles. The van der Waals surface area contributed by atoms with Crippen molar-refractivity contribution in [1.29, 1.82) is 0 Å². The smallest absolute Gasteiger partial charge is 0.311 e. The number of fused-ring (bicyclic) bond motifs is 7. The Balaban J connectivity index is 0.941. The first-order chi connectivity index (χ1) is 31.4. The van der Waals surface area contributed by atoms with E-state index >= 15 is 0 Å². The molecule has 384 valence electrons. The Morgan fingerprint density at radius 2 is 1.37 bits per heavy atom. The predicted molar refractivity (Wildman–Crippen MR) is 228 cm³/mol. The van der Waals surface area contributed by atoms with E-state index < -0.39 is 152 Å². The molecule has 7 fully saturated rings. The molecule has 3 heterocycles. The molecule has 8 rings (SSSR count). The van der Waals surface area contributed by atoms with Crippen molar-refractivity contribution in [3.05, 3.63) is 11.6 Å². The third-order valence-corrected chi connectivity index (χ3v) is 18.7. The van der Waals surface area contributed by atoms with Crippen LogP contribution in [0.25, 0.3) is 0 Å². The van der Waals surface area contributed by atoms with E-state index in [-0.39, 0.29) is 47.5 Å². The number of hydrogen-bond acceptors (Lipinski definition) is 20. The molecule has 20 heteroatoms. The van der Waals surface area contributed by atoms with Crippen molar-refractivity contribution >= 4 is 5.97 Å². The number of carbonyl (C=O) groups is 1. The summed E-state index contributed by atoms with van der Waals surface area (Å²) in [6.07, 6.45) is -21.8. The standard InChI is InChI=1S/C47H76O20/c1-17-11-21(20-9-10-45(4)23(29(20)18(17)2)8-7-22-24(45)12-25(50)39-46(22,5)13-26(51)40(60)47(39,6)16-49)41(61)67-44-36(58)33(55)31(53)28(65-44)15-62-42-37(59)34(56)38(27(14-48)64-42)66-43-35(57)32(54)30(52)19(3)63-43/h8,17-22,24-40,42-44,48-60H,7,9-16H2,1-6H3/t17?,18?,19?,20?,21?,22?,24?,25?,26?,27?,28?,29?,30-,31+,32?,33?,34?,35-,36-,37-,38+,39?,40?,42?,43?,44?,45?,46?,47?/m0/s1. The van der Waals surface area contributed by atoms with Crippen molar-refractivity contribution in [2.75, 3.05) is 19.8 Å². The fourth-order valence-electron chi connectivity index (χ4n) is 14.8. The molecule has 3 saturated heterocycles. The van der Waals surface area contributed by atoms with Crippen LogP contribution in [0.4, 0.5) is 0 Å². The van der Waals surface area contributed by atoms with Crippen LogP contribution in [0.5, 0.6) is 0 Å². The number of aliphatic hydroxyl groups excluding tert-OH is 13. The van der Waals surface area contributed by atoms with Crippen LogP contribution in [-0.2, 0) is 33.2 Å². The number of rotatable bonds is 9. The number of aliphatic hydroxyl groups is 13. The Morgan fingerprint density at radius 3 is 2.04 bits per heavy atom. The Hall–Kier alpha value is -1.51. The fourth-order valence-corrected chi connectivity index (χ4v) is 14.8. The molecule has 0 radical (unpaired) electrons. The highest BCUT2D eigenvalue weighted by Crippen LogP contribution is 2.70. The Kier molecular flexibility index (Phi) is 14.8. The van der Waals surface area contributed by atoms with Crippen LogP contribution in [-0.4, -0.2) is 203 Å². The summed E-state index contributed by atoms with van der Waals surface area (Å²) in [5.74, 6) is -1.53. The predicted octanol–water partition coefficient (Wildman–Crippen LogP) is -2.60. The number of allylic oxidation sites excluding steroid dienone is 2. The molecular formula is C47H76O20. The molecule has 29 atom stereocenters. The molecule has 20 nitrogen and oxygen atoms in total. The van der Waals surface area contributed by atoms with Gasteiger partial charge in [-0.2, -0.15) is 0 Å². The molecule has 5 aliphatic carbocycles. The fraction of sp³-hybridized carbons (Fsp3) is 0.936. The highest BCUT2D eigenvalue weighted by molar-refractivity contribution is 5.73. The van der Waals surface area contributed by atoms with Gasteiger partial charge in [0.25, 0.3) is 0 Å². The van der Waals surface area contributed by atoms with E-state index in [4.69, 9.17) is 28.4 Å². The number of hydrogen-bond donors (Lipinski definition) is 13. The topological polar surface area (TPSA) is 335 Å². The first kappa shape index (κ1) is 51.8. The maximum Gasteiger partial charge on any atom is 0.311 e. The van der Waals surface area contributed by atoms with E-state index in [0.29, 0.717) is 38.5 Å². The van der Waals surface area contributed by atoms with Crippen LogP contribution < -0.4 is 0 Å². The zero-order chi connectivity index (χ0) is 49.0. The molecule has 0 aromatic carbocycles. The van der Waals surface area contributed by atoms with Crippen LogP contribution in [0.1, 0.15) is 80.1 Å². The van der Waals surface area contributed by atoms with Gasteiger partial charge in [0.05, 0.1) is 50.2 Å². The van der Waals surface area contributed by atoms with E-state index in [1.165, 1.54) is 12.5 Å². The first-order valence-electron chi connectivity index (χ1n) is 24.3. The summed E-state index contributed by atoms with van der Waals surface area (Å²) in [5.41, 5.74) is -0.763. The lowest BCUT2D eigenvalue weighted by Crippen LogP contribution is -2.68. The van der Waals surface area contributed by atoms with Gasteiger partial charge in [-0.15, -0.1) is 0 Å². The summed E-state index contributed by atoms with van der Waals surface area (Å²) in [7, 11) is 0. The van der Waals surface area contributed by atoms with Crippen molar-refractivity contribution in [2.24, 2.45) is 63.6 Å². The first-order valence-corrected chi connectivity index (χ1v) is 24.3. The van der Waals surface area contributed by atoms with Gasteiger partial charge in [0.15, 0.2) is 12.6 Å². The highest BCUT2D eigenvalue weighted by atomic mass is 16.8. The molecule has 0 spiro atoms. The summed E-state index contributed by atoms with van der Waals surface area (Å²) < 4.78 is 34.3. The van der Waals surface area contributed by atoms with Gasteiger partial charge in [0.2, 0.25) is 6.29 Å². The molecule has 13 N–H and O–H groups in total. The van der Waals surface area contributed by atoms with E-state index in [9.17, 15) is 71.2 Å². The number of carbonyl (C=O) groups excluding carboxylic acids is 1. The van der Waals surface area contributed by atoms with Gasteiger partial charge in [-0.05, 0) is 91.8 Å². The normalized spacial score (nSPS) is 56.7. The van der Waals surface area contributed by atoms with Gasteiger partial charge in [0.1, 0.15) is 67.1 Å². The molecule has 4 saturated carbocycles. The minimum absolute atomic E-state index is 0.0239. The summed E-state index contributed by atoms with van der Waals surface area (Å²) in [6, 6.07) is 0. The van der Waals surface area contributed by atoms with E-state index in [0.717, 1.165) is 0 Å². The summed E-state index contributed by atoms with van der Waals surface area (Å²) >= 11 is 0. The lowest BCUT2D eigenvalue weighted by Gasteiger charge is -2.68. The Labute approximate surface area is 390 Å². The van der Waals surface area contributed by atoms with Gasteiger partial charge in [-0.25, -0.2) is 0 Å². The molecule has 0 amide bonds. The van der Waals surface area contributed by atoms with Crippen LogP contribution in [0.2, 0.25) is 0 Å². The quantitative estimate of drug-likeness (QED) is 0.0833. The average molecular weight is 961 g/mol. The maximum atomic E-state index is 14.4. The van der Waals surface area contributed by atoms with Gasteiger partial charge in [-0.3, -0.25) is 4.79 Å². The third-order valence-electron chi connectivity index (χ3n) is 18.7. The van der Waals surface area contributed by atoms with E-state index in [2.05, 4.69) is 33.8 Å². The summed E-state index contributed by atoms with van der Waals surface area (Å²) in [6.45, 7) is 10.0. The average Bonchev–Trinajstić information content (AvgIpc) is 3.29. The second-order valence-corrected chi connectivity index (χ2v) is 22.4. The molecule has 23 unspecified atom stereocenters. The van der Waals surface area contributed by atoms with Gasteiger partial charge >= 0.3 is 5.97 Å². The molecule has 8 aliphatic rings. The molecule has 0 aromatic rings. The van der Waals surface area contributed by atoms with Crippen LogP contribution in [0.3, 0.4) is 0 Å². The van der Waals surface area contributed by atoms with Crippen molar-refractivity contribution in [3.63, 3.8) is 0 Å². The van der Waals surface area contributed by atoms with Gasteiger partial charge in [0, 0.05) is 11.3 Å². The number of esters is 1. The van der Waals surface area contributed by atoms with E-state index in [1.807, 2.05) is 0 Å². The van der Waals surface area contributed by atoms with Crippen molar-refractivity contribution in [1.82, 2.24) is 0 Å². The molecular weight excluding hydrogens is 884 g/mol. The zero-order valence-electron chi connectivity index (χ0n) is 39.1. The van der Waals surface area contributed by atoms with Gasteiger partial charge in [-0.1, -0.05) is 46.3 Å². The van der Waals surface area contributed by atoms with Crippen LogP contribution >= 0.6 is 0 Å². The van der Waals surface area contributed by atoms with E-state index in [1.54, 1.807) is 6.92 Å². The highest BCUT2D eigenvalue weighted by Gasteiger charge is 2.68. The van der Waals surface area contributed by atoms with Crippen LogP contribution in [0.15, 0.2) is 11.6 Å². The summed E-state index contributed by atoms with van der Waals surface area (Å²) in [5, 5.41) is 141. The van der Waals surface area contributed by atoms with Crippen molar-refractivity contribution in [3.8, 4) is 0 Å². The maximum absolute atomic E-state index is 14.4. The summed E-state index contributed by atoms with van der Waals surface area (Å²) in [4.78, 5) is 14.4. The second-order valence-electron chi connectivity index (χ2n) is 22.4. The molecule has 3 aliphatic heterocycles. The molecule has 67 heavy (non-hydrogen) atoms. The monoisotopic (exact) mass is 960 g/mol. The molecule has 0 bridgehead atoms. The minimum Gasteiger partial charge on any atom is -0.432 e. The van der Waals surface area contributed by atoms with Crippen molar-refractivity contribution < 1.29 is 99.6 Å². The lowest BCUT2D eigenvalue weighted by molar-refractivity contribution is -0.361. The van der Waals surface area contributed by atoms with Gasteiger partial charge < -0.3 is 94.8 Å². The SMILES string of the molecule is CC1CC(C(=O)OC2OC(COC3OC(CO)[C@@H](OC4OC(C)[C@H](O)C(O)[C@@H]4O)C(O)[C@@H]3O)[C@@H](O)C(O)[C@@H]2O)C2CCC3(C)C(=CCC4C3CC(O)C3C(C)(CO)C(O)C(O)CC43C)C2C1C. The lowest BCUT2D eigenvalue weighted by atomic mass is 9.37. The second kappa shape index (κ2) is 19.2. The third kappa shape index (κ3) is 8.46.